The van der Waals surface area contributed by atoms with Crippen molar-refractivity contribution >= 4 is 5.82 Å². The molecule has 3 heterocycles. The van der Waals surface area contributed by atoms with Crippen molar-refractivity contribution in [2.75, 3.05) is 38.5 Å². The van der Waals surface area contributed by atoms with Crippen LogP contribution in [0.15, 0.2) is 60.5 Å². The molecule has 5 nitrogen and oxygen atoms in total. The molecule has 1 aromatic carbocycles. The molecule has 0 bridgehead atoms. The molecule has 0 saturated carbocycles. The van der Waals surface area contributed by atoms with Crippen molar-refractivity contribution in [2.45, 2.75) is 31.8 Å². The third-order valence-electron chi connectivity index (χ3n) is 7.02. The molecule has 3 unspecified atom stereocenters. The van der Waals surface area contributed by atoms with Gasteiger partial charge in [-0.25, -0.2) is 4.98 Å². The van der Waals surface area contributed by atoms with E-state index < -0.39 is 0 Å². The molecular weight excluding hydrogens is 384 g/mol. The number of fused-ring (bicyclic) bond motifs is 1. The quantitative estimate of drug-likeness (QED) is 0.773. The minimum Gasteiger partial charge on any atom is -0.512 e. The van der Waals surface area contributed by atoms with Gasteiger partial charge < -0.3 is 15.3 Å². The summed E-state index contributed by atoms with van der Waals surface area (Å²) in [4.78, 5) is 9.67. The second-order valence-corrected chi connectivity index (χ2v) is 9.31. The molecule has 31 heavy (non-hydrogen) atoms. The number of aliphatic hydroxyl groups is 1. The second kappa shape index (κ2) is 8.48. The van der Waals surface area contributed by atoms with E-state index in [0.29, 0.717) is 24.1 Å². The summed E-state index contributed by atoms with van der Waals surface area (Å²) in [5, 5.41) is 13.6. The summed E-state index contributed by atoms with van der Waals surface area (Å²) in [6, 6.07) is 11.6. The summed E-state index contributed by atoms with van der Waals surface area (Å²) in [7, 11) is 2.20. The first kappa shape index (κ1) is 20.3. The predicted molar refractivity (Wildman–Crippen MR) is 126 cm³/mol. The molecule has 1 saturated heterocycles. The lowest BCUT2D eigenvalue weighted by molar-refractivity contribution is 0.148. The van der Waals surface area contributed by atoms with Crippen LogP contribution in [-0.2, 0) is 6.54 Å². The average molecular weight is 417 g/mol. The monoisotopic (exact) mass is 416 g/mol. The van der Waals surface area contributed by atoms with Gasteiger partial charge in [-0.3, -0.25) is 4.90 Å². The molecule has 5 rings (SSSR count). The summed E-state index contributed by atoms with van der Waals surface area (Å²) in [5.74, 6) is 2.05. The number of nitrogens with one attached hydrogen (secondary N) is 1. The van der Waals surface area contributed by atoms with Crippen molar-refractivity contribution in [3.63, 3.8) is 0 Å². The first-order valence-corrected chi connectivity index (χ1v) is 11.4. The molecule has 162 valence electrons. The van der Waals surface area contributed by atoms with Gasteiger partial charge in [-0.2, -0.15) is 0 Å². The first-order chi connectivity index (χ1) is 15.1. The highest BCUT2D eigenvalue weighted by Crippen LogP contribution is 2.44. The number of benzene rings is 1. The average Bonchev–Trinajstić information content (AvgIpc) is 3.11. The lowest BCUT2D eigenvalue weighted by Crippen LogP contribution is -2.43. The Balaban J connectivity index is 1.34. The van der Waals surface area contributed by atoms with Crippen LogP contribution in [0.2, 0.25) is 0 Å². The third kappa shape index (κ3) is 4.25. The van der Waals surface area contributed by atoms with Crippen molar-refractivity contribution in [1.82, 2.24) is 14.8 Å². The molecule has 1 aromatic heterocycles. The lowest BCUT2D eigenvalue weighted by Gasteiger charge is -2.32. The number of nitrogens with zero attached hydrogens (tertiary/aromatic N) is 3. The van der Waals surface area contributed by atoms with Gasteiger partial charge in [0.05, 0.1) is 5.76 Å². The summed E-state index contributed by atoms with van der Waals surface area (Å²) < 4.78 is 0. The third-order valence-corrected chi connectivity index (χ3v) is 7.02. The molecule has 3 atom stereocenters. The Hall–Kier alpha value is -2.63. The van der Waals surface area contributed by atoms with Gasteiger partial charge in [0.25, 0.3) is 0 Å². The van der Waals surface area contributed by atoms with E-state index in [1.54, 1.807) is 6.08 Å². The van der Waals surface area contributed by atoms with E-state index in [-0.39, 0.29) is 5.92 Å². The smallest absolute Gasteiger partial charge is 0.129 e. The van der Waals surface area contributed by atoms with Gasteiger partial charge >= 0.3 is 0 Å². The summed E-state index contributed by atoms with van der Waals surface area (Å²) in [6.45, 7) is 7.81. The Morgan fingerprint density at radius 2 is 1.87 bits per heavy atom. The molecule has 1 fully saturated rings. The van der Waals surface area contributed by atoms with Gasteiger partial charge in [-0.05, 0) is 43.2 Å². The number of likely N-dealkylation sites (N-methyl/N-ethyl adjacent to an activating group) is 1. The van der Waals surface area contributed by atoms with E-state index in [0.717, 1.165) is 44.1 Å². The maximum atomic E-state index is 10.0. The number of rotatable bonds is 4. The number of piperazine rings is 1. The van der Waals surface area contributed by atoms with Crippen molar-refractivity contribution in [2.24, 2.45) is 5.92 Å². The summed E-state index contributed by atoms with van der Waals surface area (Å²) in [6.07, 6.45) is 8.66. The highest BCUT2D eigenvalue weighted by atomic mass is 16.3. The lowest BCUT2D eigenvalue weighted by atomic mass is 9.79. The zero-order chi connectivity index (χ0) is 21.4. The fourth-order valence-corrected chi connectivity index (χ4v) is 5.19. The number of pyridine rings is 1. The van der Waals surface area contributed by atoms with Crippen LogP contribution in [0.1, 0.15) is 30.4 Å². The molecule has 2 aliphatic heterocycles. The Morgan fingerprint density at radius 1 is 1.10 bits per heavy atom. The fraction of sp³-hybridized carbons (Fsp3) is 0.423. The van der Waals surface area contributed by atoms with Gasteiger partial charge in [0.15, 0.2) is 0 Å². The molecule has 0 radical (unpaired) electrons. The van der Waals surface area contributed by atoms with Crippen LogP contribution in [0.25, 0.3) is 11.1 Å². The highest BCUT2D eigenvalue weighted by molar-refractivity contribution is 5.68. The minimum absolute atomic E-state index is 0.289. The Bertz CT molecular complexity index is 989. The zero-order valence-electron chi connectivity index (χ0n) is 18.5. The summed E-state index contributed by atoms with van der Waals surface area (Å²) in [5.41, 5.74) is 4.99. The van der Waals surface area contributed by atoms with Crippen LogP contribution in [0.5, 0.6) is 0 Å². The Kier molecular flexibility index (Phi) is 5.55. The van der Waals surface area contributed by atoms with Crippen LogP contribution in [0.3, 0.4) is 0 Å². The van der Waals surface area contributed by atoms with E-state index in [2.05, 4.69) is 65.5 Å². The zero-order valence-corrected chi connectivity index (χ0v) is 18.5. The Morgan fingerprint density at radius 3 is 2.61 bits per heavy atom. The molecule has 0 spiro atoms. The van der Waals surface area contributed by atoms with Crippen molar-refractivity contribution < 1.29 is 5.11 Å². The van der Waals surface area contributed by atoms with E-state index in [4.69, 9.17) is 4.98 Å². The first-order valence-electron chi connectivity index (χ1n) is 11.4. The highest BCUT2D eigenvalue weighted by Gasteiger charge is 2.36. The van der Waals surface area contributed by atoms with E-state index in [9.17, 15) is 5.11 Å². The maximum Gasteiger partial charge on any atom is 0.129 e. The number of hydrogen-bond acceptors (Lipinski definition) is 5. The van der Waals surface area contributed by atoms with E-state index in [1.807, 2.05) is 12.3 Å². The SMILES string of the molecule is CC1Nc2ncc(-c3ccc(CN4CCN(C)CC4)cc3)cc2C1C1C=CC=C(O)C1. The van der Waals surface area contributed by atoms with E-state index in [1.165, 1.54) is 16.7 Å². The van der Waals surface area contributed by atoms with Gasteiger partial charge in [-0.1, -0.05) is 36.4 Å². The van der Waals surface area contributed by atoms with E-state index >= 15 is 0 Å². The van der Waals surface area contributed by atoms with Crippen molar-refractivity contribution in [3.05, 3.63) is 71.6 Å². The Labute approximate surface area is 185 Å². The van der Waals surface area contributed by atoms with Crippen molar-refractivity contribution in [1.29, 1.82) is 0 Å². The molecular formula is C26H32N4O. The van der Waals surface area contributed by atoms with Crippen LogP contribution in [0, 0.1) is 5.92 Å². The van der Waals surface area contributed by atoms with Crippen molar-refractivity contribution in [3.8, 4) is 11.1 Å². The normalized spacial score (nSPS) is 26.4. The minimum atomic E-state index is 0.289. The molecule has 5 heteroatoms. The van der Waals surface area contributed by atoms with Gasteiger partial charge in [0.1, 0.15) is 5.82 Å². The largest absolute Gasteiger partial charge is 0.512 e. The predicted octanol–water partition coefficient (Wildman–Crippen LogP) is 4.41. The maximum absolute atomic E-state index is 10.0. The molecule has 2 N–H and O–H groups in total. The molecule has 3 aliphatic rings. The number of aromatic nitrogens is 1. The number of allylic oxidation sites excluding steroid dienone is 4. The number of hydrogen-bond donors (Lipinski definition) is 2. The topological polar surface area (TPSA) is 51.6 Å². The molecule has 2 aromatic rings. The van der Waals surface area contributed by atoms with Crippen LogP contribution >= 0.6 is 0 Å². The molecule has 1 aliphatic carbocycles. The number of anilines is 1. The second-order valence-electron chi connectivity index (χ2n) is 9.31. The van der Waals surface area contributed by atoms with Gasteiger partial charge in [0, 0.05) is 68.4 Å². The standard InChI is InChI=1S/C26H32N4O/c1-18-25(21-4-3-5-23(31)14-21)24-15-22(16-27-26(24)28-18)20-8-6-19(7-9-20)17-30-12-10-29(2)11-13-30/h3-9,15-16,18,21,25,31H,10-14,17H2,1-2H3,(H,27,28). The number of aliphatic hydroxyl groups excluding tert-OH is 1. The van der Waals surface area contributed by atoms with Crippen LogP contribution < -0.4 is 5.32 Å². The summed E-state index contributed by atoms with van der Waals surface area (Å²) >= 11 is 0. The van der Waals surface area contributed by atoms with Crippen LogP contribution in [-0.4, -0.2) is 59.2 Å². The van der Waals surface area contributed by atoms with Gasteiger partial charge in [-0.15, -0.1) is 0 Å². The van der Waals surface area contributed by atoms with Crippen LogP contribution in [0.4, 0.5) is 5.82 Å². The van der Waals surface area contributed by atoms with Gasteiger partial charge in [0.2, 0.25) is 0 Å². The molecule has 0 amide bonds. The fourth-order valence-electron chi connectivity index (χ4n) is 5.19.